The minimum atomic E-state index is 0. The molecule has 0 aromatic heterocycles. The number of ether oxygens (including phenoxy) is 1. The Labute approximate surface area is 133 Å². The fourth-order valence-electron chi connectivity index (χ4n) is 1.51. The van der Waals surface area contributed by atoms with E-state index in [1.54, 1.807) is 7.05 Å². The van der Waals surface area contributed by atoms with Crippen LogP contribution < -0.4 is 15.4 Å². The first-order valence-electron chi connectivity index (χ1n) is 6.28. The largest absolute Gasteiger partial charge is 0.492 e. The Morgan fingerprint density at radius 1 is 1.37 bits per heavy atom. The maximum Gasteiger partial charge on any atom is 0.191 e. The lowest BCUT2D eigenvalue weighted by Crippen LogP contribution is -2.42. The highest BCUT2D eigenvalue weighted by Gasteiger charge is 1.99. The molecule has 0 radical (unpaired) electrons. The summed E-state index contributed by atoms with van der Waals surface area (Å²) in [5.41, 5.74) is 1.21. The van der Waals surface area contributed by atoms with Crippen LogP contribution in [0.25, 0.3) is 0 Å². The second-order valence-electron chi connectivity index (χ2n) is 4.46. The quantitative estimate of drug-likeness (QED) is 0.359. The molecule has 0 saturated carbocycles. The predicted molar refractivity (Wildman–Crippen MR) is 91.7 cm³/mol. The third-order valence-electron chi connectivity index (χ3n) is 2.30. The van der Waals surface area contributed by atoms with E-state index in [0.717, 1.165) is 18.3 Å². The highest BCUT2D eigenvalue weighted by atomic mass is 127. The summed E-state index contributed by atoms with van der Waals surface area (Å²) < 4.78 is 5.64. The van der Waals surface area contributed by atoms with Crippen LogP contribution in [0.2, 0.25) is 0 Å². The summed E-state index contributed by atoms with van der Waals surface area (Å²) in [6.07, 6.45) is 0. The van der Waals surface area contributed by atoms with E-state index in [-0.39, 0.29) is 24.0 Å². The number of hydrogen-bond donors (Lipinski definition) is 2. The summed E-state index contributed by atoms with van der Waals surface area (Å²) in [6.45, 7) is 7.55. The van der Waals surface area contributed by atoms with E-state index < -0.39 is 0 Å². The molecule has 0 spiro atoms. The van der Waals surface area contributed by atoms with Crippen LogP contribution in [0.3, 0.4) is 0 Å². The second-order valence-corrected chi connectivity index (χ2v) is 4.46. The van der Waals surface area contributed by atoms with Gasteiger partial charge in [-0.25, -0.2) is 0 Å². The zero-order chi connectivity index (χ0) is 13.4. The van der Waals surface area contributed by atoms with E-state index in [9.17, 15) is 0 Å². The molecule has 2 N–H and O–H groups in total. The standard InChI is InChI=1S/C14H23N3O.HI/c1-11(2)17-14(15-4)16-8-9-18-13-7-5-6-12(3)10-13;/h5-7,10-11H,8-9H2,1-4H3,(H2,15,16,17);1H. The molecular weight excluding hydrogens is 353 g/mol. The molecule has 1 aromatic rings. The molecule has 0 heterocycles. The number of nitrogens with zero attached hydrogens (tertiary/aromatic N) is 1. The van der Waals surface area contributed by atoms with Crippen molar-refractivity contribution in [3.63, 3.8) is 0 Å². The minimum absolute atomic E-state index is 0. The van der Waals surface area contributed by atoms with Crippen molar-refractivity contribution in [2.45, 2.75) is 26.8 Å². The van der Waals surface area contributed by atoms with Crippen molar-refractivity contribution >= 4 is 29.9 Å². The molecule has 0 fully saturated rings. The van der Waals surface area contributed by atoms with Crippen molar-refractivity contribution < 1.29 is 4.74 Å². The van der Waals surface area contributed by atoms with Crippen molar-refractivity contribution in [2.75, 3.05) is 20.2 Å². The summed E-state index contributed by atoms with van der Waals surface area (Å²) >= 11 is 0. The number of aryl methyl sites for hydroxylation is 1. The van der Waals surface area contributed by atoms with Gasteiger partial charge < -0.3 is 15.4 Å². The van der Waals surface area contributed by atoms with Gasteiger partial charge in [-0.2, -0.15) is 0 Å². The van der Waals surface area contributed by atoms with E-state index in [4.69, 9.17) is 4.74 Å². The summed E-state index contributed by atoms with van der Waals surface area (Å²) in [4.78, 5) is 4.13. The number of guanidine groups is 1. The Bertz CT molecular complexity index is 394. The highest BCUT2D eigenvalue weighted by molar-refractivity contribution is 14.0. The number of aliphatic imine (C=N–C) groups is 1. The third-order valence-corrected chi connectivity index (χ3v) is 2.30. The maximum absolute atomic E-state index is 5.64. The van der Waals surface area contributed by atoms with Gasteiger partial charge in [0.25, 0.3) is 0 Å². The van der Waals surface area contributed by atoms with Gasteiger partial charge in [-0.15, -0.1) is 24.0 Å². The minimum Gasteiger partial charge on any atom is -0.492 e. The topological polar surface area (TPSA) is 45.7 Å². The summed E-state index contributed by atoms with van der Waals surface area (Å²) in [7, 11) is 1.76. The first-order chi connectivity index (χ1) is 8.61. The molecule has 0 amide bonds. The number of nitrogens with one attached hydrogen (secondary N) is 2. The number of benzene rings is 1. The van der Waals surface area contributed by atoms with Crippen molar-refractivity contribution in [3.8, 4) is 5.75 Å². The van der Waals surface area contributed by atoms with Gasteiger partial charge >= 0.3 is 0 Å². The molecule has 4 nitrogen and oxygen atoms in total. The SMILES string of the molecule is CN=C(NCCOc1cccc(C)c1)NC(C)C.I. The lowest BCUT2D eigenvalue weighted by molar-refractivity contribution is 0.321. The molecule has 0 aliphatic rings. The molecular formula is C14H24IN3O. The Morgan fingerprint density at radius 2 is 2.11 bits per heavy atom. The molecule has 0 unspecified atom stereocenters. The number of hydrogen-bond acceptors (Lipinski definition) is 2. The Morgan fingerprint density at radius 3 is 2.68 bits per heavy atom. The fraction of sp³-hybridized carbons (Fsp3) is 0.500. The van der Waals surface area contributed by atoms with E-state index in [1.165, 1.54) is 5.56 Å². The lowest BCUT2D eigenvalue weighted by atomic mass is 10.2. The first kappa shape index (κ1) is 18.0. The fourth-order valence-corrected chi connectivity index (χ4v) is 1.51. The van der Waals surface area contributed by atoms with Gasteiger partial charge in [-0.1, -0.05) is 12.1 Å². The predicted octanol–water partition coefficient (Wildman–Crippen LogP) is 2.57. The van der Waals surface area contributed by atoms with Gasteiger partial charge in [0.15, 0.2) is 5.96 Å². The Kier molecular flexibility index (Phi) is 9.38. The van der Waals surface area contributed by atoms with E-state index >= 15 is 0 Å². The van der Waals surface area contributed by atoms with Crippen LogP contribution in [-0.4, -0.2) is 32.2 Å². The van der Waals surface area contributed by atoms with Crippen molar-refractivity contribution in [2.24, 2.45) is 4.99 Å². The van der Waals surface area contributed by atoms with Crippen LogP contribution in [0.5, 0.6) is 5.75 Å². The van der Waals surface area contributed by atoms with Crippen LogP contribution >= 0.6 is 24.0 Å². The Hall–Kier alpha value is -0.980. The summed E-state index contributed by atoms with van der Waals surface area (Å²) in [6, 6.07) is 8.42. The number of halogens is 1. The maximum atomic E-state index is 5.64. The number of rotatable bonds is 5. The molecule has 1 aromatic carbocycles. The highest BCUT2D eigenvalue weighted by Crippen LogP contribution is 2.11. The second kappa shape index (κ2) is 9.89. The van der Waals surface area contributed by atoms with Gasteiger partial charge in [0, 0.05) is 13.1 Å². The van der Waals surface area contributed by atoms with Crippen LogP contribution in [0.4, 0.5) is 0 Å². The van der Waals surface area contributed by atoms with Crippen LogP contribution in [-0.2, 0) is 0 Å². The van der Waals surface area contributed by atoms with Gasteiger partial charge in [0.2, 0.25) is 0 Å². The van der Waals surface area contributed by atoms with E-state index in [2.05, 4.69) is 42.5 Å². The van der Waals surface area contributed by atoms with E-state index in [0.29, 0.717) is 12.6 Å². The molecule has 19 heavy (non-hydrogen) atoms. The van der Waals surface area contributed by atoms with E-state index in [1.807, 2.05) is 18.2 Å². The van der Waals surface area contributed by atoms with Crippen molar-refractivity contribution in [3.05, 3.63) is 29.8 Å². The molecule has 0 aliphatic heterocycles. The van der Waals surface area contributed by atoms with Crippen molar-refractivity contribution in [1.29, 1.82) is 0 Å². The molecule has 0 saturated heterocycles. The summed E-state index contributed by atoms with van der Waals surface area (Å²) in [5.74, 6) is 1.71. The van der Waals surface area contributed by atoms with Gasteiger partial charge in [-0.05, 0) is 38.5 Å². The zero-order valence-electron chi connectivity index (χ0n) is 12.1. The van der Waals surface area contributed by atoms with Crippen LogP contribution in [0.1, 0.15) is 19.4 Å². The average molecular weight is 377 g/mol. The molecule has 0 bridgehead atoms. The first-order valence-corrected chi connectivity index (χ1v) is 6.28. The molecule has 1 rings (SSSR count). The average Bonchev–Trinajstić information content (AvgIpc) is 2.32. The van der Waals surface area contributed by atoms with Gasteiger partial charge in [0.05, 0.1) is 6.54 Å². The zero-order valence-corrected chi connectivity index (χ0v) is 14.4. The molecule has 0 aliphatic carbocycles. The molecule has 5 heteroatoms. The monoisotopic (exact) mass is 377 g/mol. The van der Waals surface area contributed by atoms with Crippen LogP contribution in [0.15, 0.2) is 29.3 Å². The lowest BCUT2D eigenvalue weighted by Gasteiger charge is -2.14. The van der Waals surface area contributed by atoms with Gasteiger partial charge in [-0.3, -0.25) is 4.99 Å². The van der Waals surface area contributed by atoms with Crippen LogP contribution in [0, 0.1) is 6.92 Å². The Balaban J connectivity index is 0.00000324. The van der Waals surface area contributed by atoms with Gasteiger partial charge in [0.1, 0.15) is 12.4 Å². The normalized spacial score (nSPS) is 10.9. The van der Waals surface area contributed by atoms with Crippen molar-refractivity contribution in [1.82, 2.24) is 10.6 Å². The third kappa shape index (κ3) is 7.92. The molecule has 0 atom stereocenters. The summed E-state index contributed by atoms with van der Waals surface area (Å²) in [5, 5.41) is 6.42. The smallest absolute Gasteiger partial charge is 0.191 e. The molecule has 108 valence electrons.